The Morgan fingerprint density at radius 1 is 1.47 bits per heavy atom. The Labute approximate surface area is 113 Å². The van der Waals surface area contributed by atoms with E-state index in [2.05, 4.69) is 29.8 Å². The van der Waals surface area contributed by atoms with Crippen LogP contribution in [0.2, 0.25) is 0 Å². The molecule has 3 nitrogen and oxygen atoms in total. The van der Waals surface area contributed by atoms with Gasteiger partial charge in [0.1, 0.15) is 5.60 Å². The number of carbonyl (C=O) groups excluding carboxylic acids is 1. The highest BCUT2D eigenvalue weighted by Gasteiger charge is 2.38. The van der Waals surface area contributed by atoms with Crippen LogP contribution in [0, 0.1) is 11.3 Å². The summed E-state index contributed by atoms with van der Waals surface area (Å²) in [5.41, 5.74) is -0.258. The predicted molar refractivity (Wildman–Crippen MR) is 73.5 cm³/mol. The Hall–Kier alpha value is -0.250. The van der Waals surface area contributed by atoms with Crippen LogP contribution in [0.1, 0.15) is 41.0 Å². The van der Waals surface area contributed by atoms with Crippen LogP contribution in [0.25, 0.3) is 0 Å². The van der Waals surface area contributed by atoms with Gasteiger partial charge in [0.15, 0.2) is 0 Å². The molecule has 1 aliphatic heterocycles. The van der Waals surface area contributed by atoms with Gasteiger partial charge >= 0.3 is 6.09 Å². The van der Waals surface area contributed by atoms with E-state index in [1.165, 1.54) is 0 Å². The van der Waals surface area contributed by atoms with Crippen LogP contribution >= 0.6 is 15.9 Å². The van der Waals surface area contributed by atoms with E-state index in [0.717, 1.165) is 24.8 Å². The zero-order valence-corrected chi connectivity index (χ0v) is 13.1. The first-order valence-corrected chi connectivity index (χ1v) is 7.32. The number of amides is 1. The van der Waals surface area contributed by atoms with Crippen LogP contribution in [0.5, 0.6) is 0 Å². The summed E-state index contributed by atoms with van der Waals surface area (Å²) in [4.78, 5) is 13.8. The maximum absolute atomic E-state index is 12.0. The number of likely N-dealkylation sites (tertiary alicyclic amines) is 1. The lowest BCUT2D eigenvalue weighted by molar-refractivity contribution is -0.000834. The summed E-state index contributed by atoms with van der Waals surface area (Å²) >= 11 is 3.56. The lowest BCUT2D eigenvalue weighted by atomic mass is 9.75. The highest BCUT2D eigenvalue weighted by atomic mass is 79.9. The van der Waals surface area contributed by atoms with Gasteiger partial charge in [0, 0.05) is 18.4 Å². The maximum Gasteiger partial charge on any atom is 0.410 e. The number of piperidine rings is 1. The van der Waals surface area contributed by atoms with Crippen molar-refractivity contribution in [1.29, 1.82) is 0 Å². The zero-order chi connectivity index (χ0) is 13.3. The summed E-state index contributed by atoms with van der Waals surface area (Å²) < 4.78 is 5.41. The van der Waals surface area contributed by atoms with Gasteiger partial charge in [-0.25, -0.2) is 4.79 Å². The molecule has 0 aromatic carbocycles. The summed E-state index contributed by atoms with van der Waals surface area (Å²) in [5.74, 6) is 0.626. The molecule has 1 aliphatic rings. The number of hydrogen-bond acceptors (Lipinski definition) is 2. The number of hydrogen-bond donors (Lipinski definition) is 0. The molecule has 17 heavy (non-hydrogen) atoms. The average Bonchev–Trinajstić information content (AvgIpc) is 2.13. The van der Waals surface area contributed by atoms with E-state index in [1.807, 2.05) is 25.7 Å². The molecule has 0 saturated carbocycles. The second kappa shape index (κ2) is 5.17. The SMILES string of the molecule is CC(C)(C)OC(=O)N1CCC(CBr)C(C)(C)C1. The van der Waals surface area contributed by atoms with Crippen LogP contribution in [0.15, 0.2) is 0 Å². The fraction of sp³-hybridized carbons (Fsp3) is 0.923. The van der Waals surface area contributed by atoms with Crippen LogP contribution in [0.3, 0.4) is 0 Å². The highest BCUT2D eigenvalue weighted by molar-refractivity contribution is 9.09. The number of alkyl halides is 1. The minimum Gasteiger partial charge on any atom is -0.444 e. The first-order chi connectivity index (χ1) is 7.65. The predicted octanol–water partition coefficient (Wildman–Crippen LogP) is 3.66. The third-order valence-corrected chi connectivity index (χ3v) is 4.07. The third kappa shape index (κ3) is 4.16. The highest BCUT2D eigenvalue weighted by Crippen LogP contribution is 2.36. The Morgan fingerprint density at radius 3 is 2.47 bits per heavy atom. The van der Waals surface area contributed by atoms with E-state index in [-0.39, 0.29) is 11.5 Å². The van der Waals surface area contributed by atoms with Gasteiger partial charge in [-0.1, -0.05) is 29.8 Å². The van der Waals surface area contributed by atoms with E-state index in [9.17, 15) is 4.79 Å². The van der Waals surface area contributed by atoms with Crippen molar-refractivity contribution in [3.8, 4) is 0 Å². The van der Waals surface area contributed by atoms with Crippen molar-refractivity contribution in [1.82, 2.24) is 4.90 Å². The van der Waals surface area contributed by atoms with Crippen molar-refractivity contribution < 1.29 is 9.53 Å². The van der Waals surface area contributed by atoms with Gasteiger partial charge in [-0.05, 0) is 38.5 Å². The number of ether oxygens (including phenoxy) is 1. The topological polar surface area (TPSA) is 29.5 Å². The van der Waals surface area contributed by atoms with Gasteiger partial charge in [0.25, 0.3) is 0 Å². The van der Waals surface area contributed by atoms with E-state index < -0.39 is 5.60 Å². The minimum absolute atomic E-state index is 0.151. The first-order valence-electron chi connectivity index (χ1n) is 6.19. The normalized spacial score (nSPS) is 24.6. The molecule has 0 radical (unpaired) electrons. The summed E-state index contributed by atoms with van der Waals surface area (Å²) in [6.07, 6.45) is 0.857. The van der Waals surface area contributed by atoms with Gasteiger partial charge in [-0.15, -0.1) is 0 Å². The van der Waals surface area contributed by atoms with E-state index in [0.29, 0.717) is 5.92 Å². The molecular formula is C13H24BrNO2. The van der Waals surface area contributed by atoms with Crippen molar-refractivity contribution >= 4 is 22.0 Å². The third-order valence-electron chi connectivity index (χ3n) is 3.29. The molecule has 1 fully saturated rings. The largest absolute Gasteiger partial charge is 0.444 e. The van der Waals surface area contributed by atoms with E-state index in [4.69, 9.17) is 4.74 Å². The summed E-state index contributed by atoms with van der Waals surface area (Å²) in [7, 11) is 0. The Bertz CT molecular complexity index is 284. The van der Waals surface area contributed by atoms with Crippen LogP contribution in [0.4, 0.5) is 4.79 Å². The summed E-state index contributed by atoms with van der Waals surface area (Å²) in [5, 5.41) is 1.00. The standard InChI is InChI=1S/C13H24BrNO2/c1-12(2,3)17-11(16)15-7-6-10(8-14)13(4,5)9-15/h10H,6-9H2,1-5H3. The fourth-order valence-electron chi connectivity index (χ4n) is 2.17. The van der Waals surface area contributed by atoms with E-state index >= 15 is 0 Å². The molecule has 1 unspecified atom stereocenters. The second-order valence-corrected chi connectivity index (χ2v) is 7.18. The van der Waals surface area contributed by atoms with Gasteiger partial charge in [-0.3, -0.25) is 0 Å². The van der Waals surface area contributed by atoms with Gasteiger partial charge in [0.05, 0.1) is 0 Å². The average molecular weight is 306 g/mol. The minimum atomic E-state index is -0.409. The molecule has 1 saturated heterocycles. The first kappa shape index (κ1) is 14.8. The fourth-order valence-corrected chi connectivity index (χ4v) is 3.37. The molecule has 0 aromatic heterocycles. The number of rotatable bonds is 1. The van der Waals surface area contributed by atoms with Crippen LogP contribution in [-0.2, 0) is 4.74 Å². The van der Waals surface area contributed by atoms with Gasteiger partial charge in [-0.2, -0.15) is 0 Å². The Kier molecular flexibility index (Phi) is 4.50. The maximum atomic E-state index is 12.0. The number of carbonyl (C=O) groups is 1. The molecule has 1 heterocycles. The lowest BCUT2D eigenvalue weighted by Gasteiger charge is -2.43. The number of nitrogens with zero attached hydrogens (tertiary/aromatic N) is 1. The molecule has 4 heteroatoms. The molecule has 0 N–H and O–H groups in total. The molecule has 1 atom stereocenters. The molecule has 0 bridgehead atoms. The van der Waals surface area contributed by atoms with Crippen molar-refractivity contribution in [2.75, 3.05) is 18.4 Å². The molecular weight excluding hydrogens is 282 g/mol. The molecule has 1 amide bonds. The summed E-state index contributed by atoms with van der Waals surface area (Å²) in [6, 6.07) is 0. The van der Waals surface area contributed by atoms with E-state index in [1.54, 1.807) is 0 Å². The van der Waals surface area contributed by atoms with Crippen molar-refractivity contribution in [3.63, 3.8) is 0 Å². The quantitative estimate of drug-likeness (QED) is 0.692. The Morgan fingerprint density at radius 2 is 2.06 bits per heavy atom. The van der Waals surface area contributed by atoms with Gasteiger partial charge < -0.3 is 9.64 Å². The smallest absolute Gasteiger partial charge is 0.410 e. The van der Waals surface area contributed by atoms with Gasteiger partial charge in [0.2, 0.25) is 0 Å². The second-order valence-electron chi connectivity index (χ2n) is 6.53. The summed E-state index contributed by atoms with van der Waals surface area (Å²) in [6.45, 7) is 11.7. The lowest BCUT2D eigenvalue weighted by Crippen LogP contribution is -2.50. The molecule has 0 aromatic rings. The van der Waals surface area contributed by atoms with Crippen molar-refractivity contribution in [2.45, 2.75) is 46.6 Å². The molecule has 100 valence electrons. The van der Waals surface area contributed by atoms with Crippen molar-refractivity contribution in [3.05, 3.63) is 0 Å². The molecule has 0 aliphatic carbocycles. The van der Waals surface area contributed by atoms with Crippen LogP contribution in [-0.4, -0.2) is 35.0 Å². The monoisotopic (exact) mass is 305 g/mol. The molecule has 0 spiro atoms. The molecule has 1 rings (SSSR count). The van der Waals surface area contributed by atoms with Crippen molar-refractivity contribution in [2.24, 2.45) is 11.3 Å². The zero-order valence-electron chi connectivity index (χ0n) is 11.5. The van der Waals surface area contributed by atoms with Crippen LogP contribution < -0.4 is 0 Å². The number of halogens is 1. The Balaban J connectivity index is 2.62.